The van der Waals surface area contributed by atoms with E-state index in [2.05, 4.69) is 10.1 Å². The van der Waals surface area contributed by atoms with E-state index in [4.69, 9.17) is 9.47 Å². The second-order valence-corrected chi connectivity index (χ2v) is 5.71. The van der Waals surface area contributed by atoms with Crippen molar-refractivity contribution in [2.75, 3.05) is 7.11 Å². The summed E-state index contributed by atoms with van der Waals surface area (Å²) in [5.74, 6) is -0.0445. The molecule has 0 spiro atoms. The van der Waals surface area contributed by atoms with Crippen LogP contribution in [0.2, 0.25) is 0 Å². The second kappa shape index (κ2) is 5.62. The van der Waals surface area contributed by atoms with Gasteiger partial charge in [-0.15, -0.1) is 11.3 Å². The van der Waals surface area contributed by atoms with Crippen LogP contribution in [0.1, 0.15) is 31.6 Å². The lowest BCUT2D eigenvalue weighted by molar-refractivity contribution is 0.0467. The van der Waals surface area contributed by atoms with E-state index in [1.807, 2.05) is 13.8 Å². The number of nitrogens with zero attached hydrogens (tertiary/aromatic N) is 3. The fraction of sp³-hybridized carbons (Fsp3) is 0.462. The van der Waals surface area contributed by atoms with Crippen LogP contribution in [0.25, 0.3) is 0 Å². The summed E-state index contributed by atoms with van der Waals surface area (Å²) in [7, 11) is 3.22. The molecule has 0 aliphatic heterocycles. The van der Waals surface area contributed by atoms with Crippen molar-refractivity contribution in [2.24, 2.45) is 7.05 Å². The second-order valence-electron chi connectivity index (χ2n) is 4.42. The molecule has 0 bridgehead atoms. The van der Waals surface area contributed by atoms with Gasteiger partial charge >= 0.3 is 5.97 Å². The van der Waals surface area contributed by atoms with Gasteiger partial charge in [-0.05, 0) is 20.8 Å². The molecule has 7 heteroatoms. The molecule has 0 N–H and O–H groups in total. The minimum atomic E-state index is -0.446. The first kappa shape index (κ1) is 14.5. The lowest BCUT2D eigenvalue weighted by Crippen LogP contribution is -2.08. The number of hydrogen-bond donors (Lipinski definition) is 0. The van der Waals surface area contributed by atoms with Gasteiger partial charge in [-0.3, -0.25) is 0 Å². The van der Waals surface area contributed by atoms with Crippen LogP contribution in [-0.2, 0) is 18.4 Å². The van der Waals surface area contributed by atoms with Crippen molar-refractivity contribution in [3.8, 4) is 5.88 Å². The molecule has 0 aromatic carbocycles. The Kier molecular flexibility index (Phi) is 4.08. The van der Waals surface area contributed by atoms with Gasteiger partial charge in [0.05, 0.1) is 18.5 Å². The average molecular weight is 295 g/mol. The summed E-state index contributed by atoms with van der Waals surface area (Å²) in [6.07, 6.45) is 0. The standard InChI is InChI=1S/C13H17N3O3S/c1-7-9(3)20-10(14-7)6-19-13(17)11-8(2)15-16(4)12(11)18-5/h6H2,1-5H3. The summed E-state index contributed by atoms with van der Waals surface area (Å²) in [6, 6.07) is 0. The van der Waals surface area contributed by atoms with Crippen molar-refractivity contribution in [2.45, 2.75) is 27.4 Å². The number of ether oxygens (including phenoxy) is 2. The predicted molar refractivity (Wildman–Crippen MR) is 75.2 cm³/mol. The van der Waals surface area contributed by atoms with Gasteiger partial charge in [-0.1, -0.05) is 0 Å². The van der Waals surface area contributed by atoms with E-state index >= 15 is 0 Å². The maximum absolute atomic E-state index is 12.1. The predicted octanol–water partition coefficient (Wildman–Crippen LogP) is 2.17. The molecule has 0 amide bonds. The Morgan fingerprint density at radius 3 is 2.55 bits per heavy atom. The number of rotatable bonds is 4. The van der Waals surface area contributed by atoms with Gasteiger partial charge in [0.2, 0.25) is 5.88 Å². The number of thiazole rings is 1. The van der Waals surface area contributed by atoms with Crippen molar-refractivity contribution >= 4 is 17.3 Å². The first-order valence-electron chi connectivity index (χ1n) is 6.11. The van der Waals surface area contributed by atoms with E-state index in [9.17, 15) is 4.79 Å². The van der Waals surface area contributed by atoms with Gasteiger partial charge in [-0.2, -0.15) is 5.10 Å². The van der Waals surface area contributed by atoms with E-state index < -0.39 is 5.97 Å². The summed E-state index contributed by atoms with van der Waals surface area (Å²) >= 11 is 1.53. The van der Waals surface area contributed by atoms with E-state index in [0.29, 0.717) is 17.1 Å². The number of esters is 1. The zero-order valence-electron chi connectivity index (χ0n) is 12.2. The Morgan fingerprint density at radius 2 is 2.00 bits per heavy atom. The molecule has 0 saturated heterocycles. The summed E-state index contributed by atoms with van der Waals surface area (Å²) in [5.41, 5.74) is 1.91. The number of carbonyl (C=O) groups excluding carboxylic acids is 1. The number of hydrogen-bond acceptors (Lipinski definition) is 6. The van der Waals surface area contributed by atoms with Crippen LogP contribution in [0, 0.1) is 20.8 Å². The van der Waals surface area contributed by atoms with Crippen LogP contribution in [0.5, 0.6) is 5.88 Å². The molecule has 0 radical (unpaired) electrons. The Hall–Kier alpha value is -1.89. The van der Waals surface area contributed by atoms with Crippen LogP contribution < -0.4 is 4.74 Å². The summed E-state index contributed by atoms with van der Waals surface area (Å²) in [4.78, 5) is 17.6. The van der Waals surface area contributed by atoms with Gasteiger partial charge in [0.15, 0.2) is 0 Å². The molecule has 2 aromatic rings. The van der Waals surface area contributed by atoms with Crippen LogP contribution in [0.4, 0.5) is 0 Å². The highest BCUT2D eigenvalue weighted by Gasteiger charge is 2.22. The molecule has 0 saturated carbocycles. The smallest absolute Gasteiger partial charge is 0.346 e. The highest BCUT2D eigenvalue weighted by Crippen LogP contribution is 2.23. The molecule has 6 nitrogen and oxygen atoms in total. The van der Waals surface area contributed by atoms with Crippen molar-refractivity contribution in [1.82, 2.24) is 14.8 Å². The fourth-order valence-corrected chi connectivity index (χ4v) is 2.75. The molecule has 2 heterocycles. The minimum absolute atomic E-state index is 0.162. The molecule has 2 aromatic heterocycles. The molecule has 0 unspecified atom stereocenters. The zero-order valence-corrected chi connectivity index (χ0v) is 13.0. The molecule has 2 rings (SSSR count). The first-order chi connectivity index (χ1) is 9.43. The largest absolute Gasteiger partial charge is 0.481 e. The Morgan fingerprint density at radius 1 is 1.30 bits per heavy atom. The maximum Gasteiger partial charge on any atom is 0.346 e. The van der Waals surface area contributed by atoms with E-state index in [-0.39, 0.29) is 6.61 Å². The van der Waals surface area contributed by atoms with Gasteiger partial charge < -0.3 is 9.47 Å². The fourth-order valence-electron chi connectivity index (χ4n) is 1.91. The van der Waals surface area contributed by atoms with Crippen LogP contribution >= 0.6 is 11.3 Å². The van der Waals surface area contributed by atoms with Crippen molar-refractivity contribution in [3.05, 3.63) is 26.8 Å². The van der Waals surface area contributed by atoms with Gasteiger partial charge in [-0.25, -0.2) is 14.5 Å². The first-order valence-corrected chi connectivity index (χ1v) is 6.93. The van der Waals surface area contributed by atoms with Gasteiger partial charge in [0.1, 0.15) is 17.2 Å². The topological polar surface area (TPSA) is 66.2 Å². The lowest BCUT2D eigenvalue weighted by Gasteiger charge is -2.05. The molecule has 0 atom stereocenters. The van der Waals surface area contributed by atoms with Crippen LogP contribution in [0.3, 0.4) is 0 Å². The number of aromatic nitrogens is 3. The number of aryl methyl sites for hydroxylation is 4. The third kappa shape index (κ3) is 2.67. The van der Waals surface area contributed by atoms with E-state index in [1.54, 1.807) is 14.0 Å². The normalized spacial score (nSPS) is 10.7. The Balaban J connectivity index is 2.13. The molecule has 0 aliphatic carbocycles. The van der Waals surface area contributed by atoms with Crippen molar-refractivity contribution in [3.63, 3.8) is 0 Å². The minimum Gasteiger partial charge on any atom is -0.481 e. The highest BCUT2D eigenvalue weighted by molar-refractivity contribution is 7.11. The molecule has 20 heavy (non-hydrogen) atoms. The van der Waals surface area contributed by atoms with Crippen molar-refractivity contribution in [1.29, 1.82) is 0 Å². The summed E-state index contributed by atoms with van der Waals surface area (Å²) in [5, 5.41) is 4.94. The maximum atomic E-state index is 12.1. The van der Waals surface area contributed by atoms with Gasteiger partial charge in [0.25, 0.3) is 0 Å². The van der Waals surface area contributed by atoms with E-state index in [1.165, 1.54) is 23.1 Å². The third-order valence-electron chi connectivity index (χ3n) is 2.97. The molecular formula is C13H17N3O3S. The SMILES string of the molecule is COc1c(C(=O)OCc2nc(C)c(C)s2)c(C)nn1C. The van der Waals surface area contributed by atoms with Crippen LogP contribution in [0.15, 0.2) is 0 Å². The monoisotopic (exact) mass is 295 g/mol. The number of carbonyl (C=O) groups is 1. The van der Waals surface area contributed by atoms with Crippen LogP contribution in [-0.4, -0.2) is 27.8 Å². The Labute approximate surface area is 121 Å². The highest BCUT2D eigenvalue weighted by atomic mass is 32.1. The third-order valence-corrected chi connectivity index (χ3v) is 4.01. The van der Waals surface area contributed by atoms with E-state index in [0.717, 1.165) is 15.6 Å². The molecule has 0 fully saturated rings. The van der Waals surface area contributed by atoms with Crippen molar-refractivity contribution < 1.29 is 14.3 Å². The lowest BCUT2D eigenvalue weighted by atomic mass is 10.2. The molecule has 108 valence electrons. The molecular weight excluding hydrogens is 278 g/mol. The average Bonchev–Trinajstić information content (AvgIpc) is 2.86. The number of methoxy groups -OCH3 is 1. The quantitative estimate of drug-likeness (QED) is 0.809. The Bertz CT molecular complexity index is 626. The van der Waals surface area contributed by atoms with Gasteiger partial charge in [0, 0.05) is 11.9 Å². The zero-order chi connectivity index (χ0) is 14.9. The summed E-state index contributed by atoms with van der Waals surface area (Å²) < 4.78 is 12.0. The summed E-state index contributed by atoms with van der Waals surface area (Å²) in [6.45, 7) is 5.84. The molecule has 0 aliphatic rings.